The third-order valence-corrected chi connectivity index (χ3v) is 2.99. The molecule has 1 atom stereocenters. The zero-order chi connectivity index (χ0) is 13.1. The van der Waals surface area contributed by atoms with Crippen molar-refractivity contribution in [1.29, 1.82) is 0 Å². The monoisotopic (exact) mass is 263 g/mol. The molecule has 6 heteroatoms. The second-order valence-electron chi connectivity index (χ2n) is 3.96. The van der Waals surface area contributed by atoms with Gasteiger partial charge >= 0.3 is 0 Å². The fraction of sp³-hybridized carbons (Fsp3) is 0.167. The van der Waals surface area contributed by atoms with E-state index in [0.29, 0.717) is 10.8 Å². The minimum absolute atomic E-state index is 0.287. The molecule has 2 aromatic heterocycles. The maximum absolute atomic E-state index is 5.94. The first-order valence-electron chi connectivity index (χ1n) is 5.41. The van der Waals surface area contributed by atoms with Gasteiger partial charge in [-0.15, -0.1) is 0 Å². The van der Waals surface area contributed by atoms with Crippen LogP contribution in [0.1, 0.15) is 22.7 Å². The van der Waals surface area contributed by atoms with Gasteiger partial charge in [0.2, 0.25) is 0 Å². The molecule has 0 radical (unpaired) electrons. The largest absolute Gasteiger partial charge is 0.383 e. The second kappa shape index (κ2) is 5.30. The smallest absolute Gasteiger partial charge is 0.128 e. The molecule has 0 fully saturated rings. The lowest BCUT2D eigenvalue weighted by molar-refractivity contribution is 0.631. The first kappa shape index (κ1) is 12.8. The van der Waals surface area contributed by atoms with Gasteiger partial charge in [0.05, 0.1) is 11.1 Å². The van der Waals surface area contributed by atoms with Crippen molar-refractivity contribution in [1.82, 2.24) is 15.4 Å². The summed E-state index contributed by atoms with van der Waals surface area (Å²) < 4.78 is 0. The summed E-state index contributed by atoms with van der Waals surface area (Å²) in [4.78, 5) is 8.13. The molecule has 0 amide bonds. The minimum Gasteiger partial charge on any atom is -0.383 e. The van der Waals surface area contributed by atoms with Crippen LogP contribution in [0.4, 0.5) is 5.82 Å². The van der Waals surface area contributed by atoms with Gasteiger partial charge < -0.3 is 5.73 Å². The standard InChI is InChI=1S/C12H14ClN5/c1-7-2-3-16-6-10(7)11(18-15)9-4-8(13)5-17-12(9)14/h2-6,11,18H,15H2,1H3,(H2,14,17). The van der Waals surface area contributed by atoms with Crippen LogP contribution in [0.15, 0.2) is 30.7 Å². The van der Waals surface area contributed by atoms with E-state index in [-0.39, 0.29) is 6.04 Å². The molecule has 5 N–H and O–H groups in total. The number of hydrogen-bond acceptors (Lipinski definition) is 5. The van der Waals surface area contributed by atoms with Gasteiger partial charge in [0.25, 0.3) is 0 Å². The average Bonchev–Trinajstić information content (AvgIpc) is 2.36. The quantitative estimate of drug-likeness (QED) is 0.578. The molecule has 94 valence electrons. The Balaban J connectivity index is 2.52. The molecule has 5 nitrogen and oxygen atoms in total. The third kappa shape index (κ3) is 2.43. The van der Waals surface area contributed by atoms with Crippen LogP contribution < -0.4 is 17.0 Å². The van der Waals surface area contributed by atoms with Crippen LogP contribution in [0.2, 0.25) is 5.02 Å². The Morgan fingerprint density at radius 1 is 1.33 bits per heavy atom. The number of halogens is 1. The van der Waals surface area contributed by atoms with E-state index in [1.54, 1.807) is 18.5 Å². The lowest BCUT2D eigenvalue weighted by Gasteiger charge is -2.19. The molecule has 2 aromatic rings. The van der Waals surface area contributed by atoms with E-state index in [0.717, 1.165) is 16.7 Å². The van der Waals surface area contributed by atoms with Crippen molar-refractivity contribution in [3.8, 4) is 0 Å². The van der Waals surface area contributed by atoms with Crippen molar-refractivity contribution >= 4 is 17.4 Å². The Kier molecular flexibility index (Phi) is 3.76. The zero-order valence-electron chi connectivity index (χ0n) is 9.89. The van der Waals surface area contributed by atoms with Gasteiger partial charge in [-0.05, 0) is 30.2 Å². The lowest BCUT2D eigenvalue weighted by Crippen LogP contribution is -2.30. The summed E-state index contributed by atoms with van der Waals surface area (Å²) in [7, 11) is 0. The molecule has 0 saturated heterocycles. The van der Waals surface area contributed by atoms with Gasteiger partial charge in [0.15, 0.2) is 0 Å². The highest BCUT2D eigenvalue weighted by Gasteiger charge is 2.18. The number of nitrogens with zero attached hydrogens (tertiary/aromatic N) is 2. The Bertz CT molecular complexity index is 558. The Hall–Kier alpha value is -1.69. The first-order valence-corrected chi connectivity index (χ1v) is 5.79. The van der Waals surface area contributed by atoms with Crippen molar-refractivity contribution in [3.63, 3.8) is 0 Å². The molecular weight excluding hydrogens is 250 g/mol. The number of nitrogens with two attached hydrogens (primary N) is 2. The Labute approximate surface area is 110 Å². The molecule has 2 rings (SSSR count). The lowest BCUT2D eigenvalue weighted by atomic mass is 9.98. The number of hydrogen-bond donors (Lipinski definition) is 3. The summed E-state index contributed by atoms with van der Waals surface area (Å²) in [6, 6.07) is 3.37. The van der Waals surface area contributed by atoms with E-state index >= 15 is 0 Å². The number of aromatic nitrogens is 2. The number of aryl methyl sites for hydroxylation is 1. The summed E-state index contributed by atoms with van der Waals surface area (Å²) in [5.41, 5.74) is 11.3. The molecule has 0 spiro atoms. The number of anilines is 1. The van der Waals surface area contributed by atoms with E-state index in [2.05, 4.69) is 15.4 Å². The number of pyridine rings is 2. The Morgan fingerprint density at radius 2 is 2.11 bits per heavy atom. The van der Waals surface area contributed by atoms with Gasteiger partial charge in [-0.1, -0.05) is 11.6 Å². The highest BCUT2D eigenvalue weighted by Crippen LogP contribution is 2.28. The third-order valence-electron chi connectivity index (χ3n) is 2.78. The predicted octanol–water partition coefficient (Wildman–Crippen LogP) is 1.57. The van der Waals surface area contributed by atoms with Gasteiger partial charge in [-0.2, -0.15) is 0 Å². The molecule has 0 aliphatic rings. The van der Waals surface area contributed by atoms with Crippen molar-refractivity contribution in [2.24, 2.45) is 5.84 Å². The predicted molar refractivity (Wildman–Crippen MR) is 71.8 cm³/mol. The second-order valence-corrected chi connectivity index (χ2v) is 4.40. The normalized spacial score (nSPS) is 12.4. The zero-order valence-corrected chi connectivity index (χ0v) is 10.6. The highest BCUT2D eigenvalue weighted by atomic mass is 35.5. The van der Waals surface area contributed by atoms with Crippen LogP contribution in [-0.2, 0) is 0 Å². The molecule has 0 aromatic carbocycles. The fourth-order valence-corrected chi connectivity index (χ4v) is 1.99. The number of nitrogen functional groups attached to an aromatic ring is 1. The summed E-state index contributed by atoms with van der Waals surface area (Å²) in [6.45, 7) is 1.98. The molecule has 18 heavy (non-hydrogen) atoms. The van der Waals surface area contributed by atoms with Gasteiger partial charge in [-0.3, -0.25) is 10.8 Å². The van der Waals surface area contributed by atoms with E-state index in [9.17, 15) is 0 Å². The number of hydrazine groups is 1. The highest BCUT2D eigenvalue weighted by molar-refractivity contribution is 6.30. The van der Waals surface area contributed by atoms with Crippen LogP contribution in [0.5, 0.6) is 0 Å². The van der Waals surface area contributed by atoms with Gasteiger partial charge in [0, 0.05) is 24.2 Å². The molecule has 1 unspecified atom stereocenters. The summed E-state index contributed by atoms with van der Waals surface area (Å²) >= 11 is 5.94. The fourth-order valence-electron chi connectivity index (χ4n) is 1.82. The van der Waals surface area contributed by atoms with Crippen molar-refractivity contribution in [2.45, 2.75) is 13.0 Å². The van der Waals surface area contributed by atoms with Crippen molar-refractivity contribution in [3.05, 3.63) is 52.4 Å². The van der Waals surface area contributed by atoms with Crippen LogP contribution in [0, 0.1) is 6.92 Å². The van der Waals surface area contributed by atoms with E-state index in [1.165, 1.54) is 6.20 Å². The van der Waals surface area contributed by atoms with Gasteiger partial charge in [0.1, 0.15) is 5.82 Å². The minimum atomic E-state index is -0.287. The summed E-state index contributed by atoms with van der Waals surface area (Å²) in [5, 5.41) is 0.515. The van der Waals surface area contributed by atoms with Crippen LogP contribution in [0.3, 0.4) is 0 Å². The van der Waals surface area contributed by atoms with Crippen LogP contribution in [-0.4, -0.2) is 9.97 Å². The summed E-state index contributed by atoms with van der Waals surface area (Å²) in [6.07, 6.45) is 4.98. The van der Waals surface area contributed by atoms with Crippen molar-refractivity contribution in [2.75, 3.05) is 5.73 Å². The molecule has 0 aliphatic carbocycles. The van der Waals surface area contributed by atoms with E-state index in [4.69, 9.17) is 23.2 Å². The number of nitrogens with one attached hydrogen (secondary N) is 1. The Morgan fingerprint density at radius 3 is 2.78 bits per heavy atom. The molecular formula is C12H14ClN5. The van der Waals surface area contributed by atoms with E-state index in [1.807, 2.05) is 13.0 Å². The molecule has 0 saturated carbocycles. The molecule has 2 heterocycles. The van der Waals surface area contributed by atoms with Gasteiger partial charge in [-0.25, -0.2) is 10.4 Å². The summed E-state index contributed by atoms with van der Waals surface area (Å²) in [5.74, 6) is 6.01. The maximum atomic E-state index is 5.94. The first-order chi connectivity index (χ1) is 8.63. The maximum Gasteiger partial charge on any atom is 0.128 e. The average molecular weight is 264 g/mol. The molecule has 0 aliphatic heterocycles. The van der Waals surface area contributed by atoms with Crippen molar-refractivity contribution < 1.29 is 0 Å². The van der Waals surface area contributed by atoms with Crippen LogP contribution >= 0.6 is 11.6 Å². The van der Waals surface area contributed by atoms with Crippen LogP contribution in [0.25, 0.3) is 0 Å². The molecule has 0 bridgehead atoms. The SMILES string of the molecule is Cc1ccncc1C(NN)c1cc(Cl)cnc1N. The topological polar surface area (TPSA) is 89.8 Å². The number of rotatable bonds is 3. The van der Waals surface area contributed by atoms with E-state index < -0.39 is 0 Å².